The molecule has 2 rings (SSSR count). The van der Waals surface area contributed by atoms with E-state index in [9.17, 15) is 0 Å². The van der Waals surface area contributed by atoms with Crippen molar-refractivity contribution in [1.29, 1.82) is 5.41 Å². The molecule has 1 fully saturated rings. The van der Waals surface area contributed by atoms with Gasteiger partial charge in [0, 0.05) is 0 Å². The Hall–Kier alpha value is -0.784. The fourth-order valence-electron chi connectivity index (χ4n) is 2.04. The van der Waals surface area contributed by atoms with Gasteiger partial charge >= 0.3 is 120 Å². The molecule has 18 heavy (non-hydrogen) atoms. The number of ether oxygens (including phenoxy) is 1. The molecular formula is C13H16CoN2OS. The first kappa shape index (κ1) is 13.6. The van der Waals surface area contributed by atoms with Gasteiger partial charge in [0.1, 0.15) is 0 Å². The van der Waals surface area contributed by atoms with Crippen molar-refractivity contribution in [3.63, 3.8) is 0 Å². The van der Waals surface area contributed by atoms with Gasteiger partial charge in [-0.25, -0.2) is 0 Å². The Morgan fingerprint density at radius 2 is 2.22 bits per heavy atom. The van der Waals surface area contributed by atoms with Crippen LogP contribution >= 0.6 is 11.8 Å². The van der Waals surface area contributed by atoms with E-state index in [0.717, 1.165) is 33.8 Å². The summed E-state index contributed by atoms with van der Waals surface area (Å²) in [6.07, 6.45) is 0.925. The Labute approximate surface area is 120 Å². The summed E-state index contributed by atoms with van der Waals surface area (Å²) in [6.45, 7) is 4.16. The number of rotatable bonds is 3. The van der Waals surface area contributed by atoms with Crippen molar-refractivity contribution in [2.45, 2.75) is 20.3 Å². The third-order valence-electron chi connectivity index (χ3n) is 2.98. The van der Waals surface area contributed by atoms with Crippen molar-refractivity contribution in [1.82, 2.24) is 0 Å². The van der Waals surface area contributed by atoms with Crippen molar-refractivity contribution >= 4 is 27.2 Å². The van der Waals surface area contributed by atoms with E-state index in [4.69, 9.17) is 10.1 Å². The average molecular weight is 307 g/mol. The topological polar surface area (TPSA) is 36.3 Å². The van der Waals surface area contributed by atoms with E-state index in [1.807, 2.05) is 17.9 Å². The summed E-state index contributed by atoms with van der Waals surface area (Å²) >= 11 is 6.03. The number of amidine groups is 1. The molecule has 1 N–H and O–H groups in total. The number of thioether (sulfide) groups is 1. The SMILES string of the molecule is CCc1cc(C)c(OC)cc1N1C(=N)SC[C]1=[Co]. The number of hydrogen-bond donors (Lipinski definition) is 1. The van der Waals surface area contributed by atoms with Gasteiger partial charge in [-0.3, -0.25) is 0 Å². The second-order valence-electron chi connectivity index (χ2n) is 4.08. The van der Waals surface area contributed by atoms with E-state index in [-0.39, 0.29) is 0 Å². The number of hydrogen-bond acceptors (Lipinski definition) is 3. The number of benzene rings is 1. The van der Waals surface area contributed by atoms with E-state index in [2.05, 4.69) is 28.3 Å². The van der Waals surface area contributed by atoms with Gasteiger partial charge in [-0.2, -0.15) is 0 Å². The summed E-state index contributed by atoms with van der Waals surface area (Å²) in [5.74, 6) is 1.62. The fraction of sp³-hybridized carbons (Fsp3) is 0.385. The maximum atomic E-state index is 8.00. The number of aryl methyl sites for hydroxylation is 2. The maximum absolute atomic E-state index is 8.00. The van der Waals surface area contributed by atoms with Crippen LogP contribution in [-0.4, -0.2) is 22.6 Å². The molecule has 1 aliphatic heterocycles. The molecule has 1 saturated heterocycles. The zero-order chi connectivity index (χ0) is 13.3. The molecule has 1 aliphatic rings. The average Bonchev–Trinajstić information content (AvgIpc) is 2.69. The fourth-order valence-corrected chi connectivity index (χ4v) is 3.29. The summed E-state index contributed by atoms with van der Waals surface area (Å²) in [5, 5.41) is 8.53. The molecule has 3 nitrogen and oxygen atoms in total. The van der Waals surface area contributed by atoms with Crippen LogP contribution in [0.15, 0.2) is 12.1 Å². The van der Waals surface area contributed by atoms with Crippen LogP contribution in [-0.2, 0) is 21.7 Å². The first-order chi connectivity index (χ1) is 8.58. The summed E-state index contributed by atoms with van der Waals surface area (Å²) < 4.78 is 6.28. The van der Waals surface area contributed by atoms with Gasteiger partial charge in [-0.1, -0.05) is 0 Å². The summed E-state index contributed by atoms with van der Waals surface area (Å²) in [4.78, 5) is 1.89. The summed E-state index contributed by atoms with van der Waals surface area (Å²) in [7, 11) is 1.67. The first-order valence-electron chi connectivity index (χ1n) is 5.76. The zero-order valence-corrected chi connectivity index (χ0v) is 12.5. The van der Waals surface area contributed by atoms with Crippen LogP contribution in [0.3, 0.4) is 0 Å². The van der Waals surface area contributed by atoms with Gasteiger partial charge in [0.2, 0.25) is 0 Å². The number of anilines is 1. The number of methoxy groups -OCH3 is 1. The second kappa shape index (κ2) is 5.46. The first-order valence-corrected chi connectivity index (χ1v) is 7.27. The van der Waals surface area contributed by atoms with Crippen LogP contribution < -0.4 is 9.64 Å². The van der Waals surface area contributed by atoms with E-state index in [1.54, 1.807) is 7.11 Å². The van der Waals surface area contributed by atoms with Gasteiger partial charge in [0.15, 0.2) is 0 Å². The third-order valence-corrected chi connectivity index (χ3v) is 4.48. The van der Waals surface area contributed by atoms with Crippen LogP contribution in [0, 0.1) is 12.3 Å². The number of nitrogens with one attached hydrogen (secondary N) is 1. The molecule has 5 heteroatoms. The van der Waals surface area contributed by atoms with Crippen LogP contribution in [0.2, 0.25) is 0 Å². The molecule has 0 radical (unpaired) electrons. The molecule has 0 aliphatic carbocycles. The Morgan fingerprint density at radius 3 is 2.72 bits per heavy atom. The zero-order valence-electron chi connectivity index (χ0n) is 10.7. The van der Waals surface area contributed by atoms with Gasteiger partial charge in [-0.05, 0) is 0 Å². The molecule has 0 saturated carbocycles. The van der Waals surface area contributed by atoms with Crippen LogP contribution in [0.4, 0.5) is 5.69 Å². The van der Waals surface area contributed by atoms with Crippen molar-refractivity contribution in [2.75, 3.05) is 17.8 Å². The molecule has 1 heterocycles. The molecular weight excluding hydrogens is 291 g/mol. The van der Waals surface area contributed by atoms with Gasteiger partial charge in [-0.15, -0.1) is 0 Å². The van der Waals surface area contributed by atoms with E-state index < -0.39 is 0 Å². The van der Waals surface area contributed by atoms with Crippen LogP contribution in [0.1, 0.15) is 18.1 Å². The predicted molar refractivity (Wildman–Crippen MR) is 74.8 cm³/mol. The van der Waals surface area contributed by atoms with Gasteiger partial charge in [0.05, 0.1) is 0 Å². The van der Waals surface area contributed by atoms with Crippen LogP contribution in [0.25, 0.3) is 0 Å². The van der Waals surface area contributed by atoms with Gasteiger partial charge < -0.3 is 0 Å². The molecule has 0 amide bonds. The van der Waals surface area contributed by atoms with Crippen LogP contribution in [0.5, 0.6) is 5.75 Å². The molecule has 0 aromatic heterocycles. The van der Waals surface area contributed by atoms with Crippen molar-refractivity contribution in [2.24, 2.45) is 0 Å². The normalized spacial score (nSPS) is 15.4. The molecule has 0 bridgehead atoms. The van der Waals surface area contributed by atoms with Crippen molar-refractivity contribution in [3.8, 4) is 5.75 Å². The Kier molecular flexibility index (Phi) is 4.14. The van der Waals surface area contributed by atoms with Gasteiger partial charge in [0.25, 0.3) is 0 Å². The van der Waals surface area contributed by atoms with E-state index in [1.165, 1.54) is 17.3 Å². The summed E-state index contributed by atoms with van der Waals surface area (Å²) in [6, 6.07) is 4.13. The standard InChI is InChI=1S/C13H16N2OS.Co/c1-4-10-7-9(2)12(16-3)8-11(10)15-5-6-17-13(15)14;/h7-8,14H,4,6H2,1-3H3;. The van der Waals surface area contributed by atoms with Crippen molar-refractivity contribution < 1.29 is 20.0 Å². The third kappa shape index (κ3) is 2.34. The number of nitrogens with zero attached hydrogens (tertiary/aromatic N) is 1. The van der Waals surface area contributed by atoms with E-state index >= 15 is 0 Å². The predicted octanol–water partition coefficient (Wildman–Crippen LogP) is 2.73. The summed E-state index contributed by atoms with van der Waals surface area (Å²) in [5.41, 5.74) is 3.35. The Morgan fingerprint density at radius 1 is 1.50 bits per heavy atom. The Balaban J connectivity index is 2.54. The second-order valence-corrected chi connectivity index (χ2v) is 5.65. The quantitative estimate of drug-likeness (QED) is 0.933. The monoisotopic (exact) mass is 307 g/mol. The minimum absolute atomic E-state index is 0.527. The minimum atomic E-state index is 0.527. The molecule has 0 atom stereocenters. The Bertz CT molecular complexity index is 500. The van der Waals surface area contributed by atoms with Crippen molar-refractivity contribution in [3.05, 3.63) is 23.3 Å². The molecule has 0 spiro atoms. The molecule has 99 valence electrons. The van der Waals surface area contributed by atoms with E-state index in [0.29, 0.717) is 5.17 Å². The molecule has 1 aromatic rings. The molecule has 1 aromatic carbocycles. The molecule has 0 unspecified atom stereocenters.